The van der Waals surface area contributed by atoms with Crippen LogP contribution < -0.4 is 5.32 Å². The zero-order chi connectivity index (χ0) is 10.3. The molecule has 0 bridgehead atoms. The highest BCUT2D eigenvalue weighted by molar-refractivity contribution is 7.09. The minimum absolute atomic E-state index is 0.762. The average molecular weight is 222 g/mol. The molecule has 2 nitrogen and oxygen atoms in total. The van der Waals surface area contributed by atoms with E-state index in [1.54, 1.807) is 0 Å². The van der Waals surface area contributed by atoms with Crippen molar-refractivity contribution in [2.75, 3.05) is 6.54 Å². The van der Waals surface area contributed by atoms with Gasteiger partial charge in [0.1, 0.15) is 0 Å². The molecule has 0 spiro atoms. The summed E-state index contributed by atoms with van der Waals surface area (Å²) in [6.45, 7) is 3.35. The van der Waals surface area contributed by atoms with Gasteiger partial charge in [0.2, 0.25) is 0 Å². The Balaban J connectivity index is 1.49. The Morgan fingerprint density at radius 2 is 2.40 bits per heavy atom. The number of hydrogen-bond acceptors (Lipinski definition) is 3. The maximum Gasteiger partial charge on any atom is 0.0928 e. The summed E-state index contributed by atoms with van der Waals surface area (Å²) in [6, 6.07) is 0.762. The fourth-order valence-electron chi connectivity index (χ4n) is 2.65. The van der Waals surface area contributed by atoms with Gasteiger partial charge in [0, 0.05) is 23.5 Å². The number of nitrogens with zero attached hydrogens (tertiary/aromatic N) is 1. The number of thiazole rings is 1. The molecule has 1 saturated carbocycles. The van der Waals surface area contributed by atoms with Crippen molar-refractivity contribution in [1.29, 1.82) is 0 Å². The summed E-state index contributed by atoms with van der Waals surface area (Å²) in [6.07, 6.45) is 5.33. The first-order valence-corrected chi connectivity index (χ1v) is 6.83. The minimum atomic E-state index is 0.762. The Bertz CT molecular complexity index is 347. The summed E-state index contributed by atoms with van der Waals surface area (Å²) in [5.41, 5.74) is 1.17. The number of nitrogens with one attached hydrogen (secondary N) is 1. The average Bonchev–Trinajstić information content (AvgIpc) is 2.90. The zero-order valence-electron chi connectivity index (χ0n) is 9.20. The lowest BCUT2D eigenvalue weighted by Gasteiger charge is -2.22. The minimum Gasteiger partial charge on any atom is -0.314 e. The molecule has 1 saturated heterocycles. The smallest absolute Gasteiger partial charge is 0.0928 e. The van der Waals surface area contributed by atoms with Gasteiger partial charge in [0.25, 0.3) is 0 Å². The highest BCUT2D eigenvalue weighted by Gasteiger charge is 2.41. The molecule has 3 atom stereocenters. The topological polar surface area (TPSA) is 24.9 Å². The highest BCUT2D eigenvalue weighted by Crippen LogP contribution is 2.44. The van der Waals surface area contributed by atoms with Crippen molar-refractivity contribution < 1.29 is 0 Å². The molecule has 1 aliphatic carbocycles. The SMILES string of the molecule is Cc1csc(CCC2CC3CC3CN2)n1. The van der Waals surface area contributed by atoms with Gasteiger partial charge in [-0.15, -0.1) is 11.3 Å². The maximum absolute atomic E-state index is 4.52. The molecule has 0 radical (unpaired) electrons. The Morgan fingerprint density at radius 1 is 1.47 bits per heavy atom. The first-order valence-electron chi connectivity index (χ1n) is 5.95. The largest absolute Gasteiger partial charge is 0.314 e. The standard InChI is InChI=1S/C12H18N2S/c1-8-7-15-12(14-8)3-2-11-5-9-4-10(9)6-13-11/h7,9-11,13H,2-6H2,1H3. The quantitative estimate of drug-likeness (QED) is 0.849. The van der Waals surface area contributed by atoms with E-state index in [9.17, 15) is 0 Å². The van der Waals surface area contributed by atoms with E-state index in [4.69, 9.17) is 0 Å². The second-order valence-electron chi connectivity index (χ2n) is 5.02. The normalized spacial score (nSPS) is 33.8. The monoisotopic (exact) mass is 222 g/mol. The third-order valence-corrected chi connectivity index (χ3v) is 4.72. The van der Waals surface area contributed by atoms with Gasteiger partial charge in [0.05, 0.1) is 5.01 Å². The molecule has 0 aromatic carbocycles. The lowest BCUT2D eigenvalue weighted by Crippen LogP contribution is -2.35. The molecule has 0 amide bonds. The third kappa shape index (κ3) is 2.23. The van der Waals surface area contributed by atoms with Gasteiger partial charge < -0.3 is 5.32 Å². The van der Waals surface area contributed by atoms with Crippen LogP contribution in [0.3, 0.4) is 0 Å². The zero-order valence-corrected chi connectivity index (χ0v) is 10.0. The lowest BCUT2D eigenvalue weighted by atomic mass is 10.0. The molecule has 2 fully saturated rings. The Morgan fingerprint density at radius 3 is 3.13 bits per heavy atom. The third-order valence-electron chi connectivity index (χ3n) is 3.70. The molecule has 2 heterocycles. The van der Waals surface area contributed by atoms with Crippen molar-refractivity contribution in [2.24, 2.45) is 11.8 Å². The maximum atomic E-state index is 4.52. The van der Waals surface area contributed by atoms with Crippen molar-refractivity contribution in [1.82, 2.24) is 10.3 Å². The highest BCUT2D eigenvalue weighted by atomic mass is 32.1. The van der Waals surface area contributed by atoms with Gasteiger partial charge in [-0.1, -0.05) is 0 Å². The van der Waals surface area contributed by atoms with E-state index in [0.717, 1.165) is 24.3 Å². The fourth-order valence-corrected chi connectivity index (χ4v) is 3.44. The van der Waals surface area contributed by atoms with Crippen LogP contribution in [-0.2, 0) is 6.42 Å². The summed E-state index contributed by atoms with van der Waals surface area (Å²) < 4.78 is 0. The Labute approximate surface area is 95.1 Å². The lowest BCUT2D eigenvalue weighted by molar-refractivity contribution is 0.368. The molecule has 82 valence electrons. The molecular formula is C12H18N2S. The number of piperidine rings is 1. The fraction of sp³-hybridized carbons (Fsp3) is 0.750. The van der Waals surface area contributed by atoms with Crippen molar-refractivity contribution in [3.05, 3.63) is 16.1 Å². The van der Waals surface area contributed by atoms with E-state index in [1.165, 1.54) is 36.5 Å². The van der Waals surface area contributed by atoms with Crippen LogP contribution in [0.15, 0.2) is 5.38 Å². The van der Waals surface area contributed by atoms with Crippen LogP contribution in [0.5, 0.6) is 0 Å². The number of aryl methyl sites for hydroxylation is 2. The summed E-state index contributed by atoms with van der Waals surface area (Å²) in [4.78, 5) is 4.52. The molecule has 15 heavy (non-hydrogen) atoms. The van der Waals surface area contributed by atoms with Gasteiger partial charge in [-0.25, -0.2) is 4.98 Å². The van der Waals surface area contributed by atoms with E-state index < -0.39 is 0 Å². The summed E-state index contributed by atoms with van der Waals surface area (Å²) in [5.74, 6) is 2.10. The second-order valence-corrected chi connectivity index (χ2v) is 5.96. The molecule has 3 heteroatoms. The van der Waals surface area contributed by atoms with Crippen LogP contribution in [0.2, 0.25) is 0 Å². The Hall–Kier alpha value is -0.410. The summed E-state index contributed by atoms with van der Waals surface area (Å²) in [5, 5.41) is 7.13. The van der Waals surface area contributed by atoms with Crippen molar-refractivity contribution in [2.45, 2.75) is 38.6 Å². The van der Waals surface area contributed by atoms with Gasteiger partial charge >= 0.3 is 0 Å². The van der Waals surface area contributed by atoms with Gasteiger partial charge in [-0.2, -0.15) is 0 Å². The number of rotatable bonds is 3. The first kappa shape index (κ1) is 9.79. The molecule has 1 aromatic heterocycles. The summed E-state index contributed by atoms with van der Waals surface area (Å²) in [7, 11) is 0. The molecule has 1 aromatic rings. The number of hydrogen-bond donors (Lipinski definition) is 1. The second kappa shape index (κ2) is 3.87. The summed E-state index contributed by atoms with van der Waals surface area (Å²) >= 11 is 1.81. The molecule has 1 aliphatic heterocycles. The van der Waals surface area contributed by atoms with E-state index in [0.29, 0.717) is 0 Å². The van der Waals surface area contributed by atoms with Crippen LogP contribution in [0.1, 0.15) is 30.0 Å². The molecule has 1 N–H and O–H groups in total. The van der Waals surface area contributed by atoms with Gasteiger partial charge in [0.15, 0.2) is 0 Å². The number of aromatic nitrogens is 1. The predicted molar refractivity (Wildman–Crippen MR) is 63.2 cm³/mol. The van der Waals surface area contributed by atoms with Gasteiger partial charge in [-0.3, -0.25) is 0 Å². The van der Waals surface area contributed by atoms with E-state index in [1.807, 2.05) is 11.3 Å². The molecule has 3 rings (SSSR count). The first-order chi connectivity index (χ1) is 7.31. The van der Waals surface area contributed by atoms with Crippen LogP contribution in [0.25, 0.3) is 0 Å². The van der Waals surface area contributed by atoms with E-state index in [2.05, 4.69) is 22.6 Å². The Kier molecular flexibility index (Phi) is 2.53. The van der Waals surface area contributed by atoms with Crippen LogP contribution in [-0.4, -0.2) is 17.6 Å². The van der Waals surface area contributed by atoms with Crippen LogP contribution in [0.4, 0.5) is 0 Å². The van der Waals surface area contributed by atoms with Crippen molar-refractivity contribution in [3.63, 3.8) is 0 Å². The molecular weight excluding hydrogens is 204 g/mol. The molecule has 3 unspecified atom stereocenters. The van der Waals surface area contributed by atoms with Crippen LogP contribution in [0, 0.1) is 18.8 Å². The van der Waals surface area contributed by atoms with Crippen LogP contribution >= 0.6 is 11.3 Å². The predicted octanol–water partition coefficient (Wildman–Crippen LogP) is 2.38. The van der Waals surface area contributed by atoms with Crippen molar-refractivity contribution >= 4 is 11.3 Å². The molecule has 2 aliphatic rings. The van der Waals surface area contributed by atoms with Crippen molar-refractivity contribution in [3.8, 4) is 0 Å². The van der Waals surface area contributed by atoms with Gasteiger partial charge in [-0.05, 0) is 44.6 Å². The van der Waals surface area contributed by atoms with E-state index in [-0.39, 0.29) is 0 Å². The number of fused-ring (bicyclic) bond motifs is 1. The van der Waals surface area contributed by atoms with E-state index >= 15 is 0 Å².